The molecule has 1 saturated heterocycles. The van der Waals surface area contributed by atoms with E-state index in [1.54, 1.807) is 0 Å². The molecule has 2 aliphatic heterocycles. The summed E-state index contributed by atoms with van der Waals surface area (Å²) < 4.78 is 5.68. The summed E-state index contributed by atoms with van der Waals surface area (Å²) in [5, 5.41) is 3.49. The molecule has 2 heterocycles. The summed E-state index contributed by atoms with van der Waals surface area (Å²) in [6.45, 7) is 5.51. The molecule has 3 heteroatoms. The molecule has 0 bridgehead atoms. The lowest BCUT2D eigenvalue weighted by molar-refractivity contribution is 0.125. The number of ether oxygens (including phenoxy) is 1. The van der Waals surface area contributed by atoms with Gasteiger partial charge < -0.3 is 10.1 Å². The van der Waals surface area contributed by atoms with E-state index < -0.39 is 0 Å². The lowest BCUT2D eigenvalue weighted by Gasteiger charge is -2.38. The second-order valence-corrected chi connectivity index (χ2v) is 6.74. The minimum Gasteiger partial charge on any atom is -0.493 e. The molecule has 21 heavy (non-hydrogen) atoms. The fourth-order valence-corrected chi connectivity index (χ4v) is 4.41. The molecule has 1 N–H and O–H groups in total. The van der Waals surface area contributed by atoms with Crippen molar-refractivity contribution in [3.63, 3.8) is 0 Å². The van der Waals surface area contributed by atoms with Crippen molar-refractivity contribution in [1.29, 1.82) is 0 Å². The van der Waals surface area contributed by atoms with Gasteiger partial charge in [-0.15, -0.1) is 0 Å². The lowest BCUT2D eigenvalue weighted by atomic mass is 9.88. The van der Waals surface area contributed by atoms with Crippen LogP contribution >= 0.6 is 0 Å². The predicted octanol–water partition coefficient (Wildman–Crippen LogP) is 2.76. The predicted molar refractivity (Wildman–Crippen MR) is 84.8 cm³/mol. The molecular weight excluding hydrogens is 260 g/mol. The van der Waals surface area contributed by atoms with E-state index in [0.29, 0.717) is 6.04 Å². The van der Waals surface area contributed by atoms with Crippen LogP contribution in [0, 0.1) is 5.92 Å². The molecule has 114 valence electrons. The average molecular weight is 286 g/mol. The third-order valence-corrected chi connectivity index (χ3v) is 5.45. The average Bonchev–Trinajstić information content (AvgIpc) is 3.19. The van der Waals surface area contributed by atoms with E-state index in [1.807, 2.05) is 0 Å². The van der Waals surface area contributed by atoms with Crippen molar-refractivity contribution in [3.8, 4) is 5.75 Å². The van der Waals surface area contributed by atoms with Crippen LogP contribution in [-0.2, 0) is 6.42 Å². The molecule has 0 radical (unpaired) electrons. The summed E-state index contributed by atoms with van der Waals surface area (Å²) >= 11 is 0. The molecule has 1 atom stereocenters. The van der Waals surface area contributed by atoms with E-state index in [9.17, 15) is 0 Å². The third kappa shape index (κ3) is 2.69. The zero-order chi connectivity index (χ0) is 14.1. The van der Waals surface area contributed by atoms with Crippen LogP contribution in [0.25, 0.3) is 0 Å². The zero-order valence-electron chi connectivity index (χ0n) is 12.8. The van der Waals surface area contributed by atoms with Gasteiger partial charge >= 0.3 is 0 Å². The van der Waals surface area contributed by atoms with E-state index in [1.165, 1.54) is 49.9 Å². The standard InChI is InChI=1S/C18H26N2O/c1-2-4-14(3-1)18(20-10-8-19-9-11-20)16-5-6-17-15(13-16)7-12-21-17/h5-6,13-14,18-19H,1-4,7-12H2/t18-/m0/s1. The van der Waals surface area contributed by atoms with E-state index in [0.717, 1.165) is 37.8 Å². The first-order valence-corrected chi connectivity index (χ1v) is 8.62. The fourth-order valence-electron chi connectivity index (χ4n) is 4.41. The molecule has 0 amide bonds. The number of hydrogen-bond donors (Lipinski definition) is 1. The Morgan fingerprint density at radius 1 is 1.14 bits per heavy atom. The van der Waals surface area contributed by atoms with Gasteiger partial charge in [0.25, 0.3) is 0 Å². The molecule has 1 aliphatic carbocycles. The van der Waals surface area contributed by atoms with E-state index >= 15 is 0 Å². The smallest absolute Gasteiger partial charge is 0.122 e. The van der Waals surface area contributed by atoms with Gasteiger partial charge in [-0.1, -0.05) is 25.0 Å². The Bertz CT molecular complexity index is 490. The highest BCUT2D eigenvalue weighted by Crippen LogP contribution is 2.41. The van der Waals surface area contributed by atoms with Gasteiger partial charge in [0.15, 0.2) is 0 Å². The van der Waals surface area contributed by atoms with Crippen molar-refractivity contribution in [2.75, 3.05) is 32.8 Å². The zero-order valence-corrected chi connectivity index (χ0v) is 12.8. The summed E-state index contributed by atoms with van der Waals surface area (Å²) in [4.78, 5) is 2.73. The summed E-state index contributed by atoms with van der Waals surface area (Å²) in [6, 6.07) is 7.60. The summed E-state index contributed by atoms with van der Waals surface area (Å²) in [5.74, 6) is 1.97. The largest absolute Gasteiger partial charge is 0.493 e. The minimum atomic E-state index is 0.625. The van der Waals surface area contributed by atoms with Crippen LogP contribution in [0.5, 0.6) is 5.75 Å². The van der Waals surface area contributed by atoms with Crippen LogP contribution in [-0.4, -0.2) is 37.7 Å². The molecule has 3 aliphatic rings. The van der Waals surface area contributed by atoms with Gasteiger partial charge in [-0.25, -0.2) is 0 Å². The Morgan fingerprint density at radius 3 is 2.76 bits per heavy atom. The molecule has 4 rings (SSSR count). The Labute approximate surface area is 127 Å². The second-order valence-electron chi connectivity index (χ2n) is 6.74. The fraction of sp³-hybridized carbons (Fsp3) is 0.667. The quantitative estimate of drug-likeness (QED) is 0.924. The van der Waals surface area contributed by atoms with Gasteiger partial charge in [0.05, 0.1) is 6.61 Å². The molecule has 0 aromatic heterocycles. The van der Waals surface area contributed by atoms with Crippen LogP contribution in [0.1, 0.15) is 42.9 Å². The van der Waals surface area contributed by atoms with Crippen molar-refractivity contribution in [2.24, 2.45) is 5.92 Å². The Hall–Kier alpha value is -1.06. The number of hydrogen-bond acceptors (Lipinski definition) is 3. The number of benzene rings is 1. The number of piperazine rings is 1. The van der Waals surface area contributed by atoms with Crippen molar-refractivity contribution >= 4 is 0 Å². The molecule has 2 fully saturated rings. The molecule has 1 aromatic carbocycles. The third-order valence-electron chi connectivity index (χ3n) is 5.45. The highest BCUT2D eigenvalue weighted by molar-refractivity contribution is 5.41. The molecule has 1 aromatic rings. The number of nitrogens with zero attached hydrogens (tertiary/aromatic N) is 1. The topological polar surface area (TPSA) is 24.5 Å². The van der Waals surface area contributed by atoms with Gasteiger partial charge in [0, 0.05) is 38.6 Å². The monoisotopic (exact) mass is 286 g/mol. The highest BCUT2D eigenvalue weighted by atomic mass is 16.5. The second kappa shape index (κ2) is 5.98. The van der Waals surface area contributed by atoms with Crippen LogP contribution in [0.3, 0.4) is 0 Å². The van der Waals surface area contributed by atoms with Crippen molar-refractivity contribution in [3.05, 3.63) is 29.3 Å². The first kappa shape index (κ1) is 13.6. The van der Waals surface area contributed by atoms with E-state index in [4.69, 9.17) is 4.74 Å². The summed E-state index contributed by atoms with van der Waals surface area (Å²) in [7, 11) is 0. The number of nitrogens with one attached hydrogen (secondary N) is 1. The van der Waals surface area contributed by atoms with Gasteiger partial charge in [0.1, 0.15) is 5.75 Å². The van der Waals surface area contributed by atoms with Crippen LogP contribution in [0.15, 0.2) is 18.2 Å². The Morgan fingerprint density at radius 2 is 1.95 bits per heavy atom. The SMILES string of the molecule is c1cc2c(cc1[C@H](C1CCCC1)N1CCNCC1)CCO2. The van der Waals surface area contributed by atoms with Crippen LogP contribution < -0.4 is 10.1 Å². The van der Waals surface area contributed by atoms with Crippen molar-refractivity contribution in [1.82, 2.24) is 10.2 Å². The number of rotatable bonds is 3. The first-order chi connectivity index (χ1) is 10.4. The molecule has 0 unspecified atom stereocenters. The minimum absolute atomic E-state index is 0.625. The molecule has 3 nitrogen and oxygen atoms in total. The summed E-state index contributed by atoms with van der Waals surface area (Å²) in [6.07, 6.45) is 6.73. The first-order valence-electron chi connectivity index (χ1n) is 8.62. The van der Waals surface area contributed by atoms with Gasteiger partial charge in [-0.05, 0) is 36.0 Å². The van der Waals surface area contributed by atoms with Crippen LogP contribution in [0.2, 0.25) is 0 Å². The van der Waals surface area contributed by atoms with Crippen molar-refractivity contribution < 1.29 is 4.74 Å². The maximum atomic E-state index is 5.68. The molecule has 0 spiro atoms. The molecule has 1 saturated carbocycles. The highest BCUT2D eigenvalue weighted by Gasteiger charge is 2.32. The Kier molecular flexibility index (Phi) is 3.87. The van der Waals surface area contributed by atoms with E-state index in [2.05, 4.69) is 28.4 Å². The lowest BCUT2D eigenvalue weighted by Crippen LogP contribution is -2.46. The maximum absolute atomic E-state index is 5.68. The van der Waals surface area contributed by atoms with Gasteiger partial charge in [-0.2, -0.15) is 0 Å². The Balaban J connectivity index is 1.64. The molecular formula is C18H26N2O. The van der Waals surface area contributed by atoms with Crippen LogP contribution in [0.4, 0.5) is 0 Å². The van der Waals surface area contributed by atoms with Crippen molar-refractivity contribution in [2.45, 2.75) is 38.1 Å². The van der Waals surface area contributed by atoms with Gasteiger partial charge in [-0.3, -0.25) is 4.90 Å². The summed E-state index contributed by atoms with van der Waals surface area (Å²) in [5.41, 5.74) is 2.96. The van der Waals surface area contributed by atoms with Gasteiger partial charge in [0.2, 0.25) is 0 Å². The normalized spacial score (nSPS) is 24.8. The maximum Gasteiger partial charge on any atom is 0.122 e. The number of fused-ring (bicyclic) bond motifs is 1. The van der Waals surface area contributed by atoms with E-state index in [-0.39, 0.29) is 0 Å².